The number of carbonyl (C=O) groups excluding carboxylic acids is 1. The van der Waals surface area contributed by atoms with Crippen molar-refractivity contribution in [2.75, 3.05) is 5.32 Å². The molecule has 3 rings (SSSR count). The van der Waals surface area contributed by atoms with Crippen LogP contribution in [0.1, 0.15) is 10.4 Å². The van der Waals surface area contributed by atoms with Crippen LogP contribution >= 0.6 is 0 Å². The first-order valence-electron chi connectivity index (χ1n) is 6.09. The van der Waals surface area contributed by atoms with E-state index in [4.69, 9.17) is 0 Å². The van der Waals surface area contributed by atoms with Crippen molar-refractivity contribution in [3.8, 4) is 5.75 Å². The molecule has 2 heterocycles. The zero-order valence-electron chi connectivity index (χ0n) is 10.7. The maximum Gasteiger partial charge on any atom is 0.291 e. The van der Waals surface area contributed by atoms with E-state index in [9.17, 15) is 14.7 Å². The molecule has 0 fully saturated rings. The molecule has 0 aliphatic carbocycles. The predicted octanol–water partition coefficient (Wildman–Crippen LogP) is 1.28. The Hall–Kier alpha value is -3.22. The Morgan fingerprint density at radius 2 is 1.86 bits per heavy atom. The highest BCUT2D eigenvalue weighted by Crippen LogP contribution is 2.22. The molecule has 2 aromatic heterocycles. The summed E-state index contributed by atoms with van der Waals surface area (Å²) in [4.78, 5) is 34.2. The molecule has 104 valence electrons. The highest BCUT2D eigenvalue weighted by atomic mass is 16.3. The van der Waals surface area contributed by atoms with Gasteiger partial charge in [0, 0.05) is 23.3 Å². The predicted molar refractivity (Wildman–Crippen MR) is 76.2 cm³/mol. The Kier molecular flexibility index (Phi) is 3.07. The first kappa shape index (κ1) is 12.8. The summed E-state index contributed by atoms with van der Waals surface area (Å²) >= 11 is 0. The Labute approximate surface area is 118 Å². The quantitative estimate of drug-likeness (QED) is 0.656. The number of carbonyl (C=O) groups is 1. The number of nitrogens with zero attached hydrogens (tertiary/aromatic N) is 2. The number of rotatable bonds is 2. The number of fused-ring (bicyclic) bond motifs is 1. The number of amides is 1. The summed E-state index contributed by atoms with van der Waals surface area (Å²) in [6.07, 6.45) is 2.94. The molecule has 21 heavy (non-hydrogen) atoms. The molecule has 0 radical (unpaired) electrons. The van der Waals surface area contributed by atoms with Gasteiger partial charge in [0.15, 0.2) is 5.75 Å². The van der Waals surface area contributed by atoms with Crippen LogP contribution in [0.5, 0.6) is 5.75 Å². The van der Waals surface area contributed by atoms with E-state index in [1.807, 2.05) is 0 Å². The Morgan fingerprint density at radius 3 is 2.62 bits per heavy atom. The number of aromatic hydroxyl groups is 1. The SMILES string of the molecule is O=C(Nc1ncccn1)c1c(O)c(=O)[nH]c2ccccc12. The van der Waals surface area contributed by atoms with E-state index >= 15 is 0 Å². The molecule has 0 aliphatic rings. The van der Waals surface area contributed by atoms with Crippen molar-refractivity contribution in [2.24, 2.45) is 0 Å². The smallest absolute Gasteiger partial charge is 0.291 e. The van der Waals surface area contributed by atoms with Crippen LogP contribution in [0.15, 0.2) is 47.5 Å². The lowest BCUT2D eigenvalue weighted by atomic mass is 10.1. The van der Waals surface area contributed by atoms with Gasteiger partial charge in [0.2, 0.25) is 5.95 Å². The molecule has 3 aromatic rings. The van der Waals surface area contributed by atoms with Gasteiger partial charge in [0.1, 0.15) is 0 Å². The summed E-state index contributed by atoms with van der Waals surface area (Å²) < 4.78 is 0. The number of H-pyrrole nitrogens is 1. The summed E-state index contributed by atoms with van der Waals surface area (Å²) in [5, 5.41) is 12.8. The lowest BCUT2D eigenvalue weighted by Gasteiger charge is -2.08. The number of anilines is 1. The summed E-state index contributed by atoms with van der Waals surface area (Å²) in [5.41, 5.74) is -0.380. The maximum absolute atomic E-state index is 12.3. The van der Waals surface area contributed by atoms with Crippen molar-refractivity contribution in [3.05, 3.63) is 58.6 Å². The fourth-order valence-electron chi connectivity index (χ4n) is 1.99. The number of nitrogens with one attached hydrogen (secondary N) is 2. The van der Waals surface area contributed by atoms with Crippen molar-refractivity contribution in [1.29, 1.82) is 0 Å². The molecule has 1 amide bonds. The van der Waals surface area contributed by atoms with Crippen LogP contribution in [0.4, 0.5) is 5.95 Å². The lowest BCUT2D eigenvalue weighted by molar-refractivity contribution is 0.102. The summed E-state index contributed by atoms with van der Waals surface area (Å²) in [7, 11) is 0. The van der Waals surface area contributed by atoms with Gasteiger partial charge in [0.25, 0.3) is 11.5 Å². The lowest BCUT2D eigenvalue weighted by Crippen LogP contribution is -2.18. The van der Waals surface area contributed by atoms with Crippen LogP contribution in [-0.4, -0.2) is 26.0 Å². The minimum atomic E-state index is -0.729. The topological polar surface area (TPSA) is 108 Å². The van der Waals surface area contributed by atoms with Gasteiger partial charge >= 0.3 is 0 Å². The molecular weight excluding hydrogens is 272 g/mol. The Balaban J connectivity index is 2.13. The second-order valence-corrected chi connectivity index (χ2v) is 4.25. The van der Waals surface area contributed by atoms with Crippen molar-refractivity contribution in [3.63, 3.8) is 0 Å². The zero-order chi connectivity index (χ0) is 14.8. The number of hydrogen-bond donors (Lipinski definition) is 3. The molecular formula is C14H10N4O3. The average Bonchev–Trinajstić information content (AvgIpc) is 2.49. The first-order chi connectivity index (χ1) is 10.2. The molecule has 0 bridgehead atoms. The van der Waals surface area contributed by atoms with E-state index in [0.29, 0.717) is 10.9 Å². The molecule has 0 saturated carbocycles. The average molecular weight is 282 g/mol. The fraction of sp³-hybridized carbons (Fsp3) is 0. The van der Waals surface area contributed by atoms with Gasteiger partial charge < -0.3 is 10.1 Å². The number of pyridine rings is 1. The highest BCUT2D eigenvalue weighted by molar-refractivity contribution is 6.13. The van der Waals surface area contributed by atoms with Crippen LogP contribution in [0.3, 0.4) is 0 Å². The number of para-hydroxylation sites is 1. The van der Waals surface area contributed by atoms with Crippen LogP contribution in [-0.2, 0) is 0 Å². The van der Waals surface area contributed by atoms with Gasteiger partial charge in [0.05, 0.1) is 5.56 Å². The fourth-order valence-corrected chi connectivity index (χ4v) is 1.99. The second-order valence-electron chi connectivity index (χ2n) is 4.25. The summed E-state index contributed by atoms with van der Waals surface area (Å²) in [6.45, 7) is 0. The van der Waals surface area contributed by atoms with Crippen molar-refractivity contribution in [1.82, 2.24) is 15.0 Å². The van der Waals surface area contributed by atoms with Crippen LogP contribution < -0.4 is 10.9 Å². The standard InChI is InChI=1S/C14H10N4O3/c19-11-10(12(20)18-14-15-6-3-7-16-14)8-4-1-2-5-9(8)17-13(11)21/h1-7,19H,(H,17,21)(H,15,16,18,20). The van der Waals surface area contributed by atoms with E-state index in [1.54, 1.807) is 30.3 Å². The van der Waals surface area contributed by atoms with Crippen LogP contribution in [0.2, 0.25) is 0 Å². The third-order valence-electron chi connectivity index (χ3n) is 2.91. The van der Waals surface area contributed by atoms with Gasteiger partial charge in [-0.3, -0.25) is 14.9 Å². The third kappa shape index (κ3) is 2.32. The largest absolute Gasteiger partial charge is 0.502 e. The van der Waals surface area contributed by atoms with E-state index in [1.165, 1.54) is 12.4 Å². The second kappa shape index (κ2) is 5.04. The van der Waals surface area contributed by atoms with E-state index in [-0.39, 0.29) is 11.5 Å². The van der Waals surface area contributed by atoms with Gasteiger partial charge in [-0.2, -0.15) is 0 Å². The molecule has 3 N–H and O–H groups in total. The minimum absolute atomic E-state index is 0.0891. The summed E-state index contributed by atoms with van der Waals surface area (Å²) in [5.74, 6) is -1.20. The zero-order valence-corrected chi connectivity index (χ0v) is 10.7. The number of benzene rings is 1. The van der Waals surface area contributed by atoms with Gasteiger partial charge in [-0.1, -0.05) is 18.2 Å². The number of aromatic nitrogens is 3. The third-order valence-corrected chi connectivity index (χ3v) is 2.91. The Bertz CT molecular complexity index is 874. The van der Waals surface area contributed by atoms with Crippen molar-refractivity contribution in [2.45, 2.75) is 0 Å². The van der Waals surface area contributed by atoms with Crippen molar-refractivity contribution < 1.29 is 9.90 Å². The van der Waals surface area contributed by atoms with E-state index in [0.717, 1.165) is 0 Å². The molecule has 0 aliphatic heterocycles. The molecule has 0 spiro atoms. The van der Waals surface area contributed by atoms with Gasteiger partial charge in [-0.15, -0.1) is 0 Å². The molecule has 0 atom stereocenters. The molecule has 0 saturated heterocycles. The molecule has 1 aromatic carbocycles. The van der Waals surface area contributed by atoms with Gasteiger partial charge in [-0.25, -0.2) is 9.97 Å². The minimum Gasteiger partial charge on any atom is -0.502 e. The maximum atomic E-state index is 12.3. The van der Waals surface area contributed by atoms with Crippen LogP contribution in [0, 0.1) is 0 Å². The van der Waals surface area contributed by atoms with Gasteiger partial charge in [-0.05, 0) is 12.1 Å². The van der Waals surface area contributed by atoms with E-state index in [2.05, 4.69) is 20.3 Å². The molecule has 7 nitrogen and oxygen atoms in total. The highest BCUT2D eigenvalue weighted by Gasteiger charge is 2.19. The van der Waals surface area contributed by atoms with Crippen LogP contribution in [0.25, 0.3) is 10.9 Å². The Morgan fingerprint density at radius 1 is 1.14 bits per heavy atom. The molecule has 0 unspecified atom stereocenters. The number of aromatic amines is 1. The monoisotopic (exact) mass is 282 g/mol. The number of hydrogen-bond acceptors (Lipinski definition) is 5. The normalized spacial score (nSPS) is 10.5. The first-order valence-corrected chi connectivity index (χ1v) is 6.09. The van der Waals surface area contributed by atoms with E-state index < -0.39 is 17.2 Å². The molecule has 7 heteroatoms. The van der Waals surface area contributed by atoms with Crippen molar-refractivity contribution >= 4 is 22.8 Å². The summed E-state index contributed by atoms with van der Waals surface area (Å²) in [6, 6.07) is 8.31.